The van der Waals surface area contributed by atoms with Crippen LogP contribution in [-0.2, 0) is 0 Å². The maximum Gasteiger partial charge on any atom is 0.179 e. The van der Waals surface area contributed by atoms with Crippen molar-refractivity contribution in [3.63, 3.8) is 0 Å². The van der Waals surface area contributed by atoms with Crippen LogP contribution in [0.5, 0.6) is 0 Å². The van der Waals surface area contributed by atoms with Gasteiger partial charge >= 0.3 is 0 Å². The van der Waals surface area contributed by atoms with Gasteiger partial charge < -0.3 is 0 Å². The smallest absolute Gasteiger partial charge is 0.179 e. The first kappa shape index (κ1) is 7.79. The molecule has 0 bridgehead atoms. The monoisotopic (exact) mass is 173 g/mol. The van der Waals surface area contributed by atoms with Crippen LogP contribution < -0.4 is 0 Å². The highest BCUT2D eigenvalue weighted by Gasteiger charge is 2.02. The highest BCUT2D eigenvalue weighted by molar-refractivity contribution is 5.93. The van der Waals surface area contributed by atoms with E-state index in [9.17, 15) is 4.79 Å². The molecule has 2 rings (SSSR count). The van der Waals surface area contributed by atoms with Crippen LogP contribution in [0.4, 0.5) is 0 Å². The molecule has 0 saturated heterocycles. The molecule has 0 radical (unpaired) electrons. The predicted molar refractivity (Wildman–Crippen MR) is 47.3 cm³/mol. The Bertz CT molecular complexity index is 467. The van der Waals surface area contributed by atoms with Gasteiger partial charge in [0.15, 0.2) is 5.78 Å². The lowest BCUT2D eigenvalue weighted by molar-refractivity contribution is 0.101. The molecule has 0 amide bonds. The van der Waals surface area contributed by atoms with Crippen LogP contribution in [0.3, 0.4) is 0 Å². The van der Waals surface area contributed by atoms with Crippen molar-refractivity contribution in [1.82, 2.24) is 15.0 Å². The summed E-state index contributed by atoms with van der Waals surface area (Å²) in [4.78, 5) is 23.0. The first-order valence-electron chi connectivity index (χ1n) is 3.85. The second-order valence-corrected chi connectivity index (χ2v) is 2.68. The molecule has 0 aliphatic rings. The number of hydrogen-bond acceptors (Lipinski definition) is 4. The number of nitrogens with zero attached hydrogens (tertiary/aromatic N) is 3. The Balaban J connectivity index is 2.69. The number of rotatable bonds is 1. The molecule has 0 N–H and O–H groups in total. The molecule has 0 aliphatic heterocycles. The van der Waals surface area contributed by atoms with Gasteiger partial charge in [-0.1, -0.05) is 0 Å². The highest BCUT2D eigenvalue weighted by Crippen LogP contribution is 2.06. The third-order valence-corrected chi connectivity index (χ3v) is 1.71. The van der Waals surface area contributed by atoms with Gasteiger partial charge in [-0.05, 0) is 6.07 Å². The van der Waals surface area contributed by atoms with Crippen molar-refractivity contribution in [2.45, 2.75) is 6.92 Å². The molecule has 2 aromatic rings. The highest BCUT2D eigenvalue weighted by atomic mass is 16.1. The summed E-state index contributed by atoms with van der Waals surface area (Å²) in [7, 11) is 0. The van der Waals surface area contributed by atoms with Crippen molar-refractivity contribution in [3.8, 4) is 0 Å². The van der Waals surface area contributed by atoms with Crippen LogP contribution >= 0.6 is 0 Å². The molecule has 64 valence electrons. The second kappa shape index (κ2) is 2.90. The van der Waals surface area contributed by atoms with E-state index in [-0.39, 0.29) is 5.78 Å². The molecule has 2 aromatic heterocycles. The molecule has 13 heavy (non-hydrogen) atoms. The molecular weight excluding hydrogens is 166 g/mol. The molecule has 0 saturated carbocycles. The molecule has 0 aliphatic carbocycles. The maximum absolute atomic E-state index is 11.0. The number of Topliss-reactive ketones (excluding diaryl/α,β-unsaturated/α-hetero) is 1. The van der Waals surface area contributed by atoms with Gasteiger partial charge in [-0.2, -0.15) is 0 Å². The average molecular weight is 173 g/mol. The number of hydrogen-bond donors (Lipinski definition) is 0. The predicted octanol–water partition coefficient (Wildman–Crippen LogP) is 1.23. The minimum Gasteiger partial charge on any atom is -0.293 e. The van der Waals surface area contributed by atoms with Crippen molar-refractivity contribution >= 4 is 16.8 Å². The van der Waals surface area contributed by atoms with Gasteiger partial charge in [-0.25, -0.2) is 4.98 Å². The second-order valence-electron chi connectivity index (χ2n) is 2.68. The van der Waals surface area contributed by atoms with E-state index in [2.05, 4.69) is 15.0 Å². The Morgan fingerprint density at radius 2 is 2.15 bits per heavy atom. The zero-order valence-corrected chi connectivity index (χ0v) is 7.06. The summed E-state index contributed by atoms with van der Waals surface area (Å²) in [5.41, 5.74) is 1.77. The van der Waals surface area contributed by atoms with Gasteiger partial charge in [-0.15, -0.1) is 0 Å². The topological polar surface area (TPSA) is 55.7 Å². The summed E-state index contributed by atoms with van der Waals surface area (Å²) in [5.74, 6) is -0.0850. The molecule has 2 heterocycles. The van der Waals surface area contributed by atoms with Crippen LogP contribution in [0, 0.1) is 0 Å². The largest absolute Gasteiger partial charge is 0.293 e. The Kier molecular flexibility index (Phi) is 1.73. The maximum atomic E-state index is 11.0. The Hall–Kier alpha value is -1.84. The van der Waals surface area contributed by atoms with Crippen molar-refractivity contribution in [2.24, 2.45) is 0 Å². The van der Waals surface area contributed by atoms with E-state index in [1.165, 1.54) is 13.1 Å². The Morgan fingerprint density at radius 3 is 2.92 bits per heavy atom. The number of aromatic nitrogens is 3. The molecule has 0 fully saturated rings. The lowest BCUT2D eigenvalue weighted by atomic mass is 10.3. The van der Waals surface area contributed by atoms with Crippen molar-refractivity contribution in [3.05, 3.63) is 30.4 Å². The third-order valence-electron chi connectivity index (χ3n) is 1.71. The van der Waals surface area contributed by atoms with E-state index in [0.717, 1.165) is 5.52 Å². The van der Waals surface area contributed by atoms with E-state index < -0.39 is 0 Å². The van der Waals surface area contributed by atoms with Crippen LogP contribution in [-0.4, -0.2) is 20.7 Å². The van der Waals surface area contributed by atoms with Crippen LogP contribution in [0.1, 0.15) is 17.4 Å². The first-order chi connectivity index (χ1) is 6.27. The zero-order valence-electron chi connectivity index (χ0n) is 7.06. The summed E-state index contributed by atoms with van der Waals surface area (Å²) in [6, 6.07) is 1.76. The fourth-order valence-electron chi connectivity index (χ4n) is 1.03. The number of carbonyl (C=O) groups is 1. The van der Waals surface area contributed by atoms with Crippen LogP contribution in [0.25, 0.3) is 11.0 Å². The van der Waals surface area contributed by atoms with Crippen molar-refractivity contribution in [1.29, 1.82) is 0 Å². The molecule has 0 unspecified atom stereocenters. The van der Waals surface area contributed by atoms with Crippen molar-refractivity contribution in [2.75, 3.05) is 0 Å². The summed E-state index contributed by atoms with van der Waals surface area (Å²) in [6.45, 7) is 1.46. The summed E-state index contributed by atoms with van der Waals surface area (Å²) < 4.78 is 0. The fourth-order valence-corrected chi connectivity index (χ4v) is 1.03. The Morgan fingerprint density at radius 1 is 1.31 bits per heavy atom. The number of fused-ring (bicyclic) bond motifs is 1. The summed E-state index contributed by atoms with van der Waals surface area (Å²) >= 11 is 0. The van der Waals surface area contributed by atoms with Gasteiger partial charge in [0.2, 0.25) is 0 Å². The van der Waals surface area contributed by atoms with Crippen molar-refractivity contribution < 1.29 is 4.79 Å². The number of ketones is 1. The van der Waals surface area contributed by atoms with Gasteiger partial charge in [0.1, 0.15) is 11.2 Å². The molecule has 0 spiro atoms. The lowest BCUT2D eigenvalue weighted by Crippen LogP contribution is -1.98. The fraction of sp³-hybridized carbons (Fsp3) is 0.111. The molecule has 4 heteroatoms. The number of carbonyl (C=O) groups excluding carboxylic acids is 1. The first-order valence-corrected chi connectivity index (χ1v) is 3.85. The van der Waals surface area contributed by atoms with E-state index in [1.54, 1.807) is 18.5 Å². The van der Waals surface area contributed by atoms with Gasteiger partial charge in [0.05, 0.1) is 17.9 Å². The van der Waals surface area contributed by atoms with Crippen LogP contribution in [0.2, 0.25) is 0 Å². The minimum atomic E-state index is -0.0850. The quantitative estimate of drug-likeness (QED) is 0.608. The summed E-state index contributed by atoms with van der Waals surface area (Å²) in [5, 5.41) is 0. The molecule has 4 nitrogen and oxygen atoms in total. The SMILES string of the molecule is CC(=O)c1cnc2ccncc2n1. The van der Waals surface area contributed by atoms with E-state index in [1.807, 2.05) is 0 Å². The number of pyridine rings is 1. The molecule has 0 atom stereocenters. The normalized spacial score (nSPS) is 10.2. The lowest BCUT2D eigenvalue weighted by Gasteiger charge is -1.96. The summed E-state index contributed by atoms with van der Waals surface area (Å²) in [6.07, 6.45) is 4.71. The van der Waals surface area contributed by atoms with Gasteiger partial charge in [0, 0.05) is 13.1 Å². The van der Waals surface area contributed by atoms with E-state index >= 15 is 0 Å². The third kappa shape index (κ3) is 1.38. The Labute approximate surface area is 74.7 Å². The molecular formula is C9H7N3O. The molecule has 0 aromatic carbocycles. The minimum absolute atomic E-state index is 0.0850. The standard InChI is InChI=1S/C9H7N3O/c1-6(13)8-5-11-7-2-3-10-4-9(7)12-8/h2-5H,1H3. The van der Waals surface area contributed by atoms with Gasteiger partial charge in [-0.3, -0.25) is 14.8 Å². The van der Waals surface area contributed by atoms with Crippen LogP contribution in [0.15, 0.2) is 24.7 Å². The van der Waals surface area contributed by atoms with Gasteiger partial charge in [0.25, 0.3) is 0 Å². The van der Waals surface area contributed by atoms with E-state index in [0.29, 0.717) is 11.2 Å². The van der Waals surface area contributed by atoms with E-state index in [4.69, 9.17) is 0 Å². The average Bonchev–Trinajstić information content (AvgIpc) is 2.17. The zero-order chi connectivity index (χ0) is 9.26.